The number of carbonyl (C=O) groups is 1. The number of halogens is 1. The molecule has 0 atom stereocenters. The van der Waals surface area contributed by atoms with E-state index in [1.807, 2.05) is 0 Å². The van der Waals surface area contributed by atoms with Crippen LogP contribution in [0.5, 0.6) is 0 Å². The maximum absolute atomic E-state index is 13.2. The summed E-state index contributed by atoms with van der Waals surface area (Å²) in [6.07, 6.45) is 0. The Morgan fingerprint density at radius 3 is 2.40 bits per heavy atom. The molecule has 0 aromatic heterocycles. The van der Waals surface area contributed by atoms with Crippen LogP contribution in [-0.4, -0.2) is 45.5 Å². The van der Waals surface area contributed by atoms with Crippen molar-refractivity contribution in [2.24, 2.45) is 0 Å². The normalized spacial score (nSPS) is 15.0. The quantitative estimate of drug-likeness (QED) is 0.901. The van der Waals surface area contributed by atoms with Crippen molar-refractivity contribution in [3.05, 3.63) is 59.9 Å². The number of sulfonamides is 1. The topological polar surface area (TPSA) is 75.7 Å². The summed E-state index contributed by atoms with van der Waals surface area (Å²) in [4.78, 5) is 13.9. The van der Waals surface area contributed by atoms with Crippen LogP contribution in [0.4, 0.5) is 10.1 Å². The van der Waals surface area contributed by atoms with Gasteiger partial charge in [0.25, 0.3) is 15.9 Å². The summed E-state index contributed by atoms with van der Waals surface area (Å²) >= 11 is 0. The Morgan fingerprint density at radius 1 is 1.08 bits per heavy atom. The van der Waals surface area contributed by atoms with Gasteiger partial charge in [-0.2, -0.15) is 0 Å². The summed E-state index contributed by atoms with van der Waals surface area (Å²) in [7, 11) is -3.89. The Morgan fingerprint density at radius 2 is 1.76 bits per heavy atom. The fourth-order valence-electron chi connectivity index (χ4n) is 2.48. The molecular weight excluding hydrogens is 347 g/mol. The summed E-state index contributed by atoms with van der Waals surface area (Å²) in [5.41, 5.74) is 0.762. The van der Waals surface area contributed by atoms with Crippen molar-refractivity contribution in [3.63, 3.8) is 0 Å². The number of hydrogen-bond acceptors (Lipinski definition) is 4. The van der Waals surface area contributed by atoms with Crippen LogP contribution in [0.1, 0.15) is 10.4 Å². The van der Waals surface area contributed by atoms with Crippen molar-refractivity contribution in [3.8, 4) is 0 Å². The van der Waals surface area contributed by atoms with Crippen LogP contribution in [0, 0.1) is 5.82 Å². The van der Waals surface area contributed by atoms with Gasteiger partial charge in [-0.3, -0.25) is 9.52 Å². The fraction of sp³-hybridized carbons (Fsp3) is 0.235. The lowest BCUT2D eigenvalue weighted by molar-refractivity contribution is 0.0303. The number of carbonyl (C=O) groups excluding carboxylic acids is 1. The molecule has 0 aliphatic carbocycles. The van der Waals surface area contributed by atoms with Crippen molar-refractivity contribution in [2.75, 3.05) is 31.0 Å². The second-order valence-corrected chi connectivity index (χ2v) is 7.23. The number of anilines is 1. The highest BCUT2D eigenvalue weighted by atomic mass is 32.2. The Kier molecular flexibility index (Phi) is 5.00. The third-order valence-corrected chi connectivity index (χ3v) is 5.17. The van der Waals surface area contributed by atoms with Gasteiger partial charge < -0.3 is 9.64 Å². The number of nitrogens with one attached hydrogen (secondary N) is 1. The average molecular weight is 364 g/mol. The minimum Gasteiger partial charge on any atom is -0.378 e. The molecule has 1 aliphatic rings. The first kappa shape index (κ1) is 17.4. The summed E-state index contributed by atoms with van der Waals surface area (Å²) in [5.74, 6) is -0.753. The van der Waals surface area contributed by atoms with E-state index in [1.54, 1.807) is 17.0 Å². The van der Waals surface area contributed by atoms with Crippen LogP contribution >= 0.6 is 0 Å². The maximum atomic E-state index is 13.2. The van der Waals surface area contributed by atoms with E-state index in [1.165, 1.54) is 30.3 Å². The first-order valence-electron chi connectivity index (χ1n) is 7.71. The van der Waals surface area contributed by atoms with Crippen LogP contribution in [0.15, 0.2) is 53.4 Å². The molecule has 1 fully saturated rings. The number of morpholine rings is 1. The van der Waals surface area contributed by atoms with E-state index in [0.717, 1.165) is 6.07 Å². The Labute approximate surface area is 145 Å². The molecule has 0 saturated carbocycles. The van der Waals surface area contributed by atoms with Crippen molar-refractivity contribution < 1.29 is 22.3 Å². The van der Waals surface area contributed by atoms with Gasteiger partial charge in [0.05, 0.1) is 18.1 Å². The van der Waals surface area contributed by atoms with E-state index in [2.05, 4.69) is 4.72 Å². The molecule has 25 heavy (non-hydrogen) atoms. The highest BCUT2D eigenvalue weighted by Gasteiger charge is 2.19. The molecule has 0 unspecified atom stereocenters. The second-order valence-electron chi connectivity index (χ2n) is 5.54. The predicted molar refractivity (Wildman–Crippen MR) is 90.4 cm³/mol. The zero-order chi connectivity index (χ0) is 17.9. The molecule has 3 rings (SSSR count). The largest absolute Gasteiger partial charge is 0.378 e. The molecule has 2 aromatic rings. The lowest BCUT2D eigenvalue weighted by Crippen LogP contribution is -2.40. The van der Waals surface area contributed by atoms with Gasteiger partial charge in [0.1, 0.15) is 5.82 Å². The molecule has 0 bridgehead atoms. The number of rotatable bonds is 4. The van der Waals surface area contributed by atoms with Gasteiger partial charge >= 0.3 is 0 Å². The molecule has 1 N–H and O–H groups in total. The zero-order valence-corrected chi connectivity index (χ0v) is 14.1. The third-order valence-electron chi connectivity index (χ3n) is 3.79. The highest BCUT2D eigenvalue weighted by molar-refractivity contribution is 7.92. The molecule has 1 amide bonds. The lowest BCUT2D eigenvalue weighted by Gasteiger charge is -2.26. The summed E-state index contributed by atoms with van der Waals surface area (Å²) < 4.78 is 45.3. The standard InChI is InChI=1S/C17H17FN2O4S/c18-14-2-1-3-16(12-14)25(22,23)19-15-6-4-13(5-7-15)17(21)20-8-10-24-11-9-20/h1-7,12,19H,8-11H2. The first-order valence-corrected chi connectivity index (χ1v) is 9.19. The fourth-order valence-corrected chi connectivity index (χ4v) is 3.57. The minimum atomic E-state index is -3.89. The smallest absolute Gasteiger partial charge is 0.261 e. The lowest BCUT2D eigenvalue weighted by atomic mass is 10.2. The number of amides is 1. The van der Waals surface area contributed by atoms with E-state index in [0.29, 0.717) is 37.6 Å². The van der Waals surface area contributed by atoms with Crippen LogP contribution in [-0.2, 0) is 14.8 Å². The molecule has 6 nitrogen and oxygen atoms in total. The van der Waals surface area contributed by atoms with Gasteiger partial charge in [-0.25, -0.2) is 12.8 Å². The SMILES string of the molecule is O=C(c1ccc(NS(=O)(=O)c2cccc(F)c2)cc1)N1CCOCC1. The zero-order valence-electron chi connectivity index (χ0n) is 13.3. The van der Waals surface area contributed by atoms with Crippen molar-refractivity contribution in [1.29, 1.82) is 0 Å². The van der Waals surface area contributed by atoms with E-state index >= 15 is 0 Å². The van der Waals surface area contributed by atoms with Gasteiger partial charge in [-0.15, -0.1) is 0 Å². The van der Waals surface area contributed by atoms with Crippen LogP contribution in [0.3, 0.4) is 0 Å². The summed E-state index contributed by atoms with van der Waals surface area (Å²) in [6.45, 7) is 2.09. The summed E-state index contributed by atoms with van der Waals surface area (Å²) in [5, 5.41) is 0. The maximum Gasteiger partial charge on any atom is 0.261 e. The summed E-state index contributed by atoms with van der Waals surface area (Å²) in [6, 6.07) is 10.9. The van der Waals surface area contributed by atoms with E-state index in [9.17, 15) is 17.6 Å². The predicted octanol–water partition coefficient (Wildman–Crippen LogP) is 2.10. The molecular formula is C17H17FN2O4S. The Balaban J connectivity index is 1.73. The molecule has 132 valence electrons. The van der Waals surface area contributed by atoms with Crippen LogP contribution < -0.4 is 4.72 Å². The molecule has 1 aliphatic heterocycles. The highest BCUT2D eigenvalue weighted by Crippen LogP contribution is 2.18. The third kappa shape index (κ3) is 4.15. The van der Waals surface area contributed by atoms with Crippen LogP contribution in [0.25, 0.3) is 0 Å². The number of nitrogens with zero attached hydrogens (tertiary/aromatic N) is 1. The Hall–Kier alpha value is -2.45. The molecule has 1 saturated heterocycles. The van der Waals surface area contributed by atoms with Gasteiger partial charge in [0, 0.05) is 24.3 Å². The molecule has 2 aromatic carbocycles. The molecule has 8 heteroatoms. The monoisotopic (exact) mass is 364 g/mol. The van der Waals surface area contributed by atoms with Gasteiger partial charge in [0.2, 0.25) is 0 Å². The van der Waals surface area contributed by atoms with Crippen LogP contribution in [0.2, 0.25) is 0 Å². The van der Waals surface area contributed by atoms with E-state index < -0.39 is 15.8 Å². The average Bonchev–Trinajstić information content (AvgIpc) is 2.62. The van der Waals surface area contributed by atoms with Gasteiger partial charge in [-0.05, 0) is 42.5 Å². The minimum absolute atomic E-state index is 0.122. The Bertz CT molecular complexity index is 862. The molecule has 1 heterocycles. The van der Waals surface area contributed by atoms with Crippen molar-refractivity contribution in [1.82, 2.24) is 4.90 Å². The van der Waals surface area contributed by atoms with Gasteiger partial charge in [0.15, 0.2) is 0 Å². The van der Waals surface area contributed by atoms with Gasteiger partial charge in [-0.1, -0.05) is 6.07 Å². The van der Waals surface area contributed by atoms with E-state index in [-0.39, 0.29) is 10.8 Å². The van der Waals surface area contributed by atoms with Crippen molar-refractivity contribution >= 4 is 21.6 Å². The van der Waals surface area contributed by atoms with E-state index in [4.69, 9.17) is 4.74 Å². The molecule has 0 radical (unpaired) electrons. The molecule has 0 spiro atoms. The second kappa shape index (κ2) is 7.20. The van der Waals surface area contributed by atoms with Crippen molar-refractivity contribution in [2.45, 2.75) is 4.90 Å². The number of hydrogen-bond donors (Lipinski definition) is 1. The first-order chi connectivity index (χ1) is 12.0. The number of ether oxygens (including phenoxy) is 1. The number of benzene rings is 2.